The van der Waals surface area contributed by atoms with Crippen molar-refractivity contribution in [2.24, 2.45) is 0 Å². The third-order valence-corrected chi connectivity index (χ3v) is 2.44. The Morgan fingerprint density at radius 3 is 2.60 bits per heavy atom. The zero-order valence-corrected chi connectivity index (χ0v) is 10.5. The minimum Gasteiger partial charge on any atom is -0.480 e. The standard InChI is InChI=1S/C12H11FN4O3/c1-7-15-11(12(20)14-6-10(18)19)16-17(7)9-4-2-8(13)3-5-9/h2-5H,6H2,1H3,(H,14,20)(H,18,19). The van der Waals surface area contributed by atoms with E-state index < -0.39 is 18.4 Å². The minimum absolute atomic E-state index is 0.145. The Morgan fingerprint density at radius 1 is 1.35 bits per heavy atom. The second-order valence-corrected chi connectivity index (χ2v) is 3.95. The van der Waals surface area contributed by atoms with Crippen LogP contribution in [0.15, 0.2) is 24.3 Å². The fourth-order valence-corrected chi connectivity index (χ4v) is 1.55. The lowest BCUT2D eigenvalue weighted by molar-refractivity contribution is -0.135. The van der Waals surface area contributed by atoms with Crippen LogP contribution in [0.1, 0.15) is 16.4 Å². The number of carbonyl (C=O) groups is 2. The number of carboxylic acids is 1. The maximum Gasteiger partial charge on any atom is 0.322 e. The van der Waals surface area contributed by atoms with Crippen LogP contribution < -0.4 is 5.32 Å². The molecule has 20 heavy (non-hydrogen) atoms. The Balaban J connectivity index is 2.23. The first-order valence-electron chi connectivity index (χ1n) is 5.67. The van der Waals surface area contributed by atoms with Crippen LogP contribution in [-0.4, -0.2) is 38.3 Å². The molecule has 0 atom stereocenters. The molecule has 0 bridgehead atoms. The van der Waals surface area contributed by atoms with Gasteiger partial charge in [0.05, 0.1) is 5.69 Å². The fourth-order valence-electron chi connectivity index (χ4n) is 1.55. The van der Waals surface area contributed by atoms with Gasteiger partial charge in [-0.1, -0.05) is 0 Å². The molecule has 1 heterocycles. The highest BCUT2D eigenvalue weighted by atomic mass is 19.1. The van der Waals surface area contributed by atoms with Crippen LogP contribution in [-0.2, 0) is 4.79 Å². The summed E-state index contributed by atoms with van der Waals surface area (Å²) in [7, 11) is 0. The van der Waals surface area contributed by atoms with E-state index in [4.69, 9.17) is 5.11 Å². The molecule has 0 saturated carbocycles. The lowest BCUT2D eigenvalue weighted by Gasteiger charge is -2.01. The van der Waals surface area contributed by atoms with Crippen molar-refractivity contribution in [1.82, 2.24) is 20.1 Å². The van der Waals surface area contributed by atoms with Gasteiger partial charge in [0.1, 0.15) is 18.2 Å². The Morgan fingerprint density at radius 2 is 2.00 bits per heavy atom. The van der Waals surface area contributed by atoms with Gasteiger partial charge in [0, 0.05) is 0 Å². The number of aliphatic carboxylic acids is 1. The number of carboxylic acid groups (broad SMARTS) is 1. The number of benzene rings is 1. The van der Waals surface area contributed by atoms with E-state index >= 15 is 0 Å². The molecule has 2 rings (SSSR count). The monoisotopic (exact) mass is 278 g/mol. The summed E-state index contributed by atoms with van der Waals surface area (Å²) in [5, 5.41) is 14.6. The number of aryl methyl sites for hydroxylation is 1. The van der Waals surface area contributed by atoms with Gasteiger partial charge < -0.3 is 10.4 Å². The highest BCUT2D eigenvalue weighted by Gasteiger charge is 2.15. The van der Waals surface area contributed by atoms with E-state index in [0.717, 1.165) is 0 Å². The van der Waals surface area contributed by atoms with E-state index in [9.17, 15) is 14.0 Å². The molecule has 0 aliphatic heterocycles. The van der Waals surface area contributed by atoms with Crippen LogP contribution in [0.5, 0.6) is 0 Å². The molecule has 0 spiro atoms. The average Bonchev–Trinajstić information content (AvgIpc) is 2.79. The molecule has 104 valence electrons. The highest BCUT2D eigenvalue weighted by molar-refractivity contribution is 5.92. The van der Waals surface area contributed by atoms with Crippen LogP contribution in [0.25, 0.3) is 5.69 Å². The Hall–Kier alpha value is -2.77. The van der Waals surface area contributed by atoms with Gasteiger partial charge in [0.15, 0.2) is 0 Å². The number of amides is 1. The molecule has 0 radical (unpaired) electrons. The van der Waals surface area contributed by atoms with Gasteiger partial charge in [0.25, 0.3) is 5.91 Å². The molecular weight excluding hydrogens is 267 g/mol. The minimum atomic E-state index is -1.16. The van der Waals surface area contributed by atoms with Crippen molar-refractivity contribution in [2.45, 2.75) is 6.92 Å². The van der Waals surface area contributed by atoms with Crippen molar-refractivity contribution in [2.75, 3.05) is 6.54 Å². The van der Waals surface area contributed by atoms with Crippen LogP contribution >= 0.6 is 0 Å². The number of rotatable bonds is 4. The number of nitrogens with one attached hydrogen (secondary N) is 1. The predicted octanol–water partition coefficient (Wildman–Crippen LogP) is 0.529. The summed E-state index contributed by atoms with van der Waals surface area (Å²) in [6, 6.07) is 5.52. The Kier molecular flexibility index (Phi) is 3.74. The topological polar surface area (TPSA) is 97.1 Å². The highest BCUT2D eigenvalue weighted by Crippen LogP contribution is 2.10. The molecule has 1 aromatic heterocycles. The van der Waals surface area contributed by atoms with Crippen molar-refractivity contribution in [1.29, 1.82) is 0 Å². The van der Waals surface area contributed by atoms with Gasteiger partial charge in [-0.2, -0.15) is 0 Å². The fraction of sp³-hybridized carbons (Fsp3) is 0.167. The van der Waals surface area contributed by atoms with E-state index in [0.29, 0.717) is 11.5 Å². The molecule has 0 saturated heterocycles. The molecule has 8 heteroatoms. The average molecular weight is 278 g/mol. The quantitative estimate of drug-likeness (QED) is 0.850. The lowest BCUT2D eigenvalue weighted by Crippen LogP contribution is -2.30. The number of aromatic nitrogens is 3. The van der Waals surface area contributed by atoms with E-state index in [1.807, 2.05) is 0 Å². The largest absolute Gasteiger partial charge is 0.480 e. The number of hydrogen-bond acceptors (Lipinski definition) is 4. The van der Waals surface area contributed by atoms with Crippen LogP contribution in [0.2, 0.25) is 0 Å². The Labute approximate surface area is 113 Å². The van der Waals surface area contributed by atoms with Gasteiger partial charge in [0.2, 0.25) is 5.82 Å². The summed E-state index contributed by atoms with van der Waals surface area (Å²) in [6.07, 6.45) is 0. The van der Waals surface area contributed by atoms with Crippen LogP contribution in [0.4, 0.5) is 4.39 Å². The second kappa shape index (κ2) is 5.47. The Bertz CT molecular complexity index is 651. The summed E-state index contributed by atoms with van der Waals surface area (Å²) < 4.78 is 14.2. The van der Waals surface area contributed by atoms with Gasteiger partial charge >= 0.3 is 5.97 Å². The van der Waals surface area contributed by atoms with E-state index in [1.54, 1.807) is 6.92 Å². The molecule has 2 aromatic rings. The van der Waals surface area contributed by atoms with Gasteiger partial charge in [-0.25, -0.2) is 14.1 Å². The molecular formula is C12H11FN4O3. The SMILES string of the molecule is Cc1nc(C(=O)NCC(=O)O)nn1-c1ccc(F)cc1. The first kappa shape index (κ1) is 13.7. The maximum absolute atomic E-state index is 12.8. The molecule has 7 nitrogen and oxygen atoms in total. The third-order valence-electron chi connectivity index (χ3n) is 2.44. The predicted molar refractivity (Wildman–Crippen MR) is 66.0 cm³/mol. The van der Waals surface area contributed by atoms with Crippen molar-refractivity contribution < 1.29 is 19.1 Å². The zero-order valence-electron chi connectivity index (χ0n) is 10.5. The molecule has 0 fully saturated rings. The first-order chi connectivity index (χ1) is 9.47. The van der Waals surface area contributed by atoms with E-state index in [2.05, 4.69) is 15.4 Å². The maximum atomic E-state index is 12.8. The summed E-state index contributed by atoms with van der Waals surface area (Å²) in [4.78, 5) is 25.9. The number of halogens is 1. The second-order valence-electron chi connectivity index (χ2n) is 3.95. The van der Waals surface area contributed by atoms with Crippen LogP contribution in [0.3, 0.4) is 0 Å². The first-order valence-corrected chi connectivity index (χ1v) is 5.67. The van der Waals surface area contributed by atoms with E-state index in [-0.39, 0.29) is 11.6 Å². The van der Waals surface area contributed by atoms with Crippen molar-refractivity contribution in [3.05, 3.63) is 41.7 Å². The molecule has 2 N–H and O–H groups in total. The molecule has 1 aromatic carbocycles. The summed E-state index contributed by atoms with van der Waals surface area (Å²) in [6.45, 7) is 1.12. The molecule has 0 unspecified atom stereocenters. The van der Waals surface area contributed by atoms with Gasteiger partial charge in [-0.3, -0.25) is 9.59 Å². The molecule has 1 amide bonds. The van der Waals surface area contributed by atoms with Gasteiger partial charge in [-0.05, 0) is 31.2 Å². The number of nitrogens with zero attached hydrogens (tertiary/aromatic N) is 3. The smallest absolute Gasteiger partial charge is 0.322 e. The van der Waals surface area contributed by atoms with E-state index in [1.165, 1.54) is 28.9 Å². The van der Waals surface area contributed by atoms with Crippen molar-refractivity contribution in [3.63, 3.8) is 0 Å². The van der Waals surface area contributed by atoms with Crippen molar-refractivity contribution in [3.8, 4) is 5.69 Å². The molecule has 0 aliphatic rings. The third kappa shape index (κ3) is 2.97. The summed E-state index contributed by atoms with van der Waals surface area (Å²) in [5.74, 6) is -1.94. The molecule has 0 aliphatic carbocycles. The number of carbonyl (C=O) groups excluding carboxylic acids is 1. The van der Waals surface area contributed by atoms with Gasteiger partial charge in [-0.15, -0.1) is 5.10 Å². The van der Waals surface area contributed by atoms with Crippen LogP contribution in [0, 0.1) is 12.7 Å². The lowest BCUT2D eigenvalue weighted by atomic mass is 10.3. The number of hydrogen-bond donors (Lipinski definition) is 2. The normalized spacial score (nSPS) is 10.3. The zero-order chi connectivity index (χ0) is 14.7. The summed E-state index contributed by atoms with van der Waals surface area (Å²) >= 11 is 0. The summed E-state index contributed by atoms with van der Waals surface area (Å²) in [5.41, 5.74) is 0.550. The van der Waals surface area contributed by atoms with Crippen molar-refractivity contribution >= 4 is 11.9 Å².